The monoisotopic (exact) mass is 178 g/mol. The number of hydrogen-bond donors (Lipinski definition) is 0. The van der Waals surface area contributed by atoms with Crippen molar-refractivity contribution in [2.24, 2.45) is 5.92 Å². The summed E-state index contributed by atoms with van der Waals surface area (Å²) < 4.78 is 0. The second-order valence-corrected chi connectivity index (χ2v) is 3.71. The molecule has 0 saturated carbocycles. The van der Waals surface area contributed by atoms with Gasteiger partial charge in [-0.15, -0.1) is 0 Å². The van der Waals surface area contributed by atoms with E-state index in [0.717, 1.165) is 6.42 Å². The largest absolute Gasteiger partial charge is 0.0998 e. The second kappa shape index (κ2) is 7.85. The van der Waals surface area contributed by atoms with Gasteiger partial charge in [0, 0.05) is 0 Å². The van der Waals surface area contributed by atoms with Crippen LogP contribution in [0.4, 0.5) is 0 Å². The van der Waals surface area contributed by atoms with E-state index >= 15 is 0 Å². The summed E-state index contributed by atoms with van der Waals surface area (Å²) in [6.07, 6.45) is 12.3. The molecule has 0 aliphatic carbocycles. The molecule has 0 heterocycles. The van der Waals surface area contributed by atoms with Crippen LogP contribution in [0.2, 0.25) is 0 Å². The van der Waals surface area contributed by atoms with Gasteiger partial charge in [-0.25, -0.2) is 0 Å². The zero-order valence-corrected chi connectivity index (χ0v) is 9.22. The molecule has 0 aromatic carbocycles. The van der Waals surface area contributed by atoms with Crippen molar-refractivity contribution >= 4 is 0 Å². The van der Waals surface area contributed by atoms with Crippen LogP contribution in [-0.4, -0.2) is 0 Å². The van der Waals surface area contributed by atoms with Crippen LogP contribution in [0.25, 0.3) is 0 Å². The van der Waals surface area contributed by atoms with Crippen molar-refractivity contribution in [3.63, 3.8) is 0 Å². The number of allylic oxidation sites excluding steroid dienone is 5. The number of rotatable bonds is 6. The van der Waals surface area contributed by atoms with Gasteiger partial charge >= 0.3 is 0 Å². The lowest BCUT2D eigenvalue weighted by atomic mass is 10.0. The number of hydrogen-bond acceptors (Lipinski definition) is 0. The van der Waals surface area contributed by atoms with E-state index in [1.807, 2.05) is 0 Å². The Hall–Kier alpha value is -0.780. The first-order valence-electron chi connectivity index (χ1n) is 5.09. The Labute approximate surface area is 83.0 Å². The summed E-state index contributed by atoms with van der Waals surface area (Å²) in [6.45, 7) is 10.3. The molecule has 0 aliphatic heterocycles. The summed E-state index contributed by atoms with van der Waals surface area (Å²) in [5, 5.41) is 0. The highest BCUT2D eigenvalue weighted by Crippen LogP contribution is 2.08. The van der Waals surface area contributed by atoms with E-state index in [1.165, 1.54) is 18.4 Å². The third-order valence-corrected chi connectivity index (χ3v) is 1.94. The fourth-order valence-electron chi connectivity index (χ4n) is 1.19. The van der Waals surface area contributed by atoms with Crippen LogP contribution in [0.3, 0.4) is 0 Å². The van der Waals surface area contributed by atoms with Crippen molar-refractivity contribution in [1.82, 2.24) is 0 Å². The fraction of sp³-hybridized carbons (Fsp3) is 0.538. The average molecular weight is 178 g/mol. The smallest absolute Gasteiger partial charge is 0.0144 e. The molecule has 0 nitrogen and oxygen atoms in total. The Morgan fingerprint density at radius 1 is 1.38 bits per heavy atom. The lowest BCUT2D eigenvalue weighted by Crippen LogP contribution is -1.86. The summed E-state index contributed by atoms with van der Waals surface area (Å²) in [4.78, 5) is 0. The molecule has 0 aliphatic rings. The van der Waals surface area contributed by atoms with Crippen LogP contribution >= 0.6 is 0 Å². The highest BCUT2D eigenvalue weighted by Gasteiger charge is 1.92. The van der Waals surface area contributed by atoms with Crippen molar-refractivity contribution in [3.05, 3.63) is 36.5 Å². The van der Waals surface area contributed by atoms with Crippen LogP contribution in [0.15, 0.2) is 36.5 Å². The van der Waals surface area contributed by atoms with Crippen LogP contribution < -0.4 is 0 Å². The van der Waals surface area contributed by atoms with Gasteiger partial charge in [0.05, 0.1) is 0 Å². The molecule has 0 fully saturated rings. The normalized spacial score (nSPS) is 14.1. The summed E-state index contributed by atoms with van der Waals surface area (Å²) >= 11 is 0. The van der Waals surface area contributed by atoms with Crippen molar-refractivity contribution in [1.29, 1.82) is 0 Å². The first-order chi connectivity index (χ1) is 6.16. The minimum absolute atomic E-state index is 0.708. The van der Waals surface area contributed by atoms with Gasteiger partial charge in [-0.05, 0) is 39.0 Å². The molecule has 13 heavy (non-hydrogen) atoms. The molecule has 0 rings (SSSR count). The third kappa shape index (κ3) is 9.13. The maximum Gasteiger partial charge on any atom is -0.0144 e. The Bertz CT molecular complexity index is 184. The van der Waals surface area contributed by atoms with Crippen LogP contribution in [-0.2, 0) is 0 Å². The Morgan fingerprint density at radius 2 is 2.08 bits per heavy atom. The molecular formula is C13H22. The Morgan fingerprint density at radius 3 is 2.62 bits per heavy atom. The molecule has 0 N–H and O–H groups in total. The van der Waals surface area contributed by atoms with Crippen molar-refractivity contribution in [2.75, 3.05) is 0 Å². The summed E-state index contributed by atoms with van der Waals surface area (Å²) in [5.74, 6) is 0.708. The van der Waals surface area contributed by atoms with Crippen molar-refractivity contribution < 1.29 is 0 Å². The molecule has 0 aromatic rings. The van der Waals surface area contributed by atoms with E-state index in [9.17, 15) is 0 Å². The van der Waals surface area contributed by atoms with Gasteiger partial charge in [-0.2, -0.15) is 0 Å². The molecule has 0 radical (unpaired) electrons. The molecule has 0 bridgehead atoms. The Balaban J connectivity index is 3.44. The van der Waals surface area contributed by atoms with Gasteiger partial charge in [0.25, 0.3) is 0 Å². The fourth-order valence-corrected chi connectivity index (χ4v) is 1.19. The minimum Gasteiger partial charge on any atom is -0.0998 e. The molecule has 0 amide bonds. The molecule has 0 saturated heterocycles. The van der Waals surface area contributed by atoms with E-state index in [0.29, 0.717) is 5.92 Å². The van der Waals surface area contributed by atoms with E-state index in [-0.39, 0.29) is 0 Å². The zero-order valence-electron chi connectivity index (χ0n) is 9.22. The first kappa shape index (κ1) is 12.2. The van der Waals surface area contributed by atoms with Gasteiger partial charge in [-0.3, -0.25) is 0 Å². The SMILES string of the molecule is C=C(C)CC=CCCC(C)C=CC. The van der Waals surface area contributed by atoms with Gasteiger partial charge < -0.3 is 0 Å². The minimum atomic E-state index is 0.708. The van der Waals surface area contributed by atoms with Gasteiger partial charge in [0.2, 0.25) is 0 Å². The third-order valence-electron chi connectivity index (χ3n) is 1.94. The van der Waals surface area contributed by atoms with Gasteiger partial charge in [0.1, 0.15) is 0 Å². The summed E-state index contributed by atoms with van der Waals surface area (Å²) in [7, 11) is 0. The predicted octanol–water partition coefficient (Wildman–Crippen LogP) is 4.50. The van der Waals surface area contributed by atoms with Gasteiger partial charge in [0.15, 0.2) is 0 Å². The second-order valence-electron chi connectivity index (χ2n) is 3.71. The topological polar surface area (TPSA) is 0 Å². The highest BCUT2D eigenvalue weighted by atomic mass is 14.0. The van der Waals surface area contributed by atoms with E-state index in [1.54, 1.807) is 0 Å². The van der Waals surface area contributed by atoms with Crippen LogP contribution in [0, 0.1) is 5.92 Å². The molecule has 1 atom stereocenters. The van der Waals surface area contributed by atoms with Crippen LogP contribution in [0.5, 0.6) is 0 Å². The molecular weight excluding hydrogens is 156 g/mol. The first-order valence-corrected chi connectivity index (χ1v) is 5.09. The molecule has 0 heteroatoms. The quantitative estimate of drug-likeness (QED) is 0.525. The van der Waals surface area contributed by atoms with E-state index in [4.69, 9.17) is 0 Å². The molecule has 74 valence electrons. The van der Waals surface area contributed by atoms with Crippen LogP contribution in [0.1, 0.15) is 40.0 Å². The average Bonchev–Trinajstić information content (AvgIpc) is 2.03. The highest BCUT2D eigenvalue weighted by molar-refractivity contribution is 4.98. The molecule has 0 spiro atoms. The van der Waals surface area contributed by atoms with Gasteiger partial charge in [-0.1, -0.05) is 43.4 Å². The lowest BCUT2D eigenvalue weighted by Gasteiger charge is -2.01. The standard InChI is InChI=1S/C13H22/c1-5-9-13(4)11-8-6-7-10-12(2)3/h5-7,9,13H,2,8,10-11H2,1,3-4H3. The molecule has 1 unspecified atom stereocenters. The maximum absolute atomic E-state index is 3.85. The molecule has 0 aromatic heterocycles. The summed E-state index contributed by atoms with van der Waals surface area (Å²) in [6, 6.07) is 0. The van der Waals surface area contributed by atoms with E-state index in [2.05, 4.69) is 51.7 Å². The maximum atomic E-state index is 3.85. The van der Waals surface area contributed by atoms with Crippen molar-refractivity contribution in [2.45, 2.75) is 40.0 Å². The zero-order chi connectivity index (χ0) is 10.1. The lowest BCUT2D eigenvalue weighted by molar-refractivity contribution is 0.656. The van der Waals surface area contributed by atoms with E-state index < -0.39 is 0 Å². The Kier molecular flexibility index (Phi) is 7.38. The van der Waals surface area contributed by atoms with Crippen molar-refractivity contribution in [3.8, 4) is 0 Å². The predicted molar refractivity (Wildman–Crippen MR) is 61.8 cm³/mol. The summed E-state index contributed by atoms with van der Waals surface area (Å²) in [5.41, 5.74) is 1.23.